The van der Waals surface area contributed by atoms with Crippen LogP contribution < -0.4 is 14.8 Å². The molecule has 8 heteroatoms. The lowest BCUT2D eigenvalue weighted by Crippen LogP contribution is -2.51. The lowest BCUT2D eigenvalue weighted by molar-refractivity contribution is -0.0286. The lowest BCUT2D eigenvalue weighted by Gasteiger charge is -2.36. The van der Waals surface area contributed by atoms with Crippen LogP contribution in [0.5, 0.6) is 11.5 Å². The molecule has 0 spiro atoms. The van der Waals surface area contributed by atoms with Crippen LogP contribution in [-0.2, 0) is 17.7 Å². The molecule has 3 rings (SSSR count). The van der Waals surface area contributed by atoms with E-state index < -0.39 is 0 Å². The van der Waals surface area contributed by atoms with Gasteiger partial charge in [0.15, 0.2) is 17.5 Å². The van der Waals surface area contributed by atoms with Gasteiger partial charge in [0, 0.05) is 46.3 Å². The van der Waals surface area contributed by atoms with E-state index in [1.807, 2.05) is 7.05 Å². The fourth-order valence-electron chi connectivity index (χ4n) is 4.19. The first-order chi connectivity index (χ1) is 14.0. The molecule has 0 radical (unpaired) electrons. The maximum absolute atomic E-state index is 5.98. The molecule has 30 heavy (non-hydrogen) atoms. The van der Waals surface area contributed by atoms with E-state index >= 15 is 0 Å². The smallest absolute Gasteiger partial charge is 0.194 e. The van der Waals surface area contributed by atoms with Crippen LogP contribution in [-0.4, -0.2) is 82.5 Å². The lowest BCUT2D eigenvalue weighted by atomic mass is 9.99. The van der Waals surface area contributed by atoms with Gasteiger partial charge >= 0.3 is 0 Å². The number of nitrogens with zero attached hydrogens (tertiary/aromatic N) is 3. The number of hydrogen-bond donors (Lipinski definition) is 1. The molecular formula is C22H37IN4O3. The number of hydrogen-bond acceptors (Lipinski definition) is 5. The normalized spacial score (nSPS) is 19.9. The molecule has 170 valence electrons. The van der Waals surface area contributed by atoms with Crippen molar-refractivity contribution in [3.63, 3.8) is 0 Å². The molecule has 0 saturated carbocycles. The summed E-state index contributed by atoms with van der Waals surface area (Å²) < 4.78 is 16.9. The number of fused-ring (bicyclic) bond motifs is 1. The number of benzene rings is 1. The minimum absolute atomic E-state index is 0. The van der Waals surface area contributed by atoms with Crippen molar-refractivity contribution in [3.05, 3.63) is 23.3 Å². The van der Waals surface area contributed by atoms with Crippen molar-refractivity contribution in [1.29, 1.82) is 0 Å². The number of nitrogens with one attached hydrogen (secondary N) is 1. The Morgan fingerprint density at radius 2 is 1.90 bits per heavy atom. The Labute approximate surface area is 198 Å². The first kappa shape index (κ1) is 25.0. The van der Waals surface area contributed by atoms with Crippen LogP contribution in [0.25, 0.3) is 0 Å². The molecule has 0 bridgehead atoms. The highest BCUT2D eigenvalue weighted by molar-refractivity contribution is 14.0. The van der Waals surface area contributed by atoms with Gasteiger partial charge in [-0.15, -0.1) is 24.0 Å². The standard InChI is InChI=1S/C22H36N4O3.HI/c1-16(2)13-25-8-9-29-19(15-25)12-24-22(23-3)26-7-6-17-10-20(27-4)21(28-5)11-18(17)14-26;/h10-11,16,19H,6-9,12-15H2,1-5H3,(H,23,24);1H. The van der Waals surface area contributed by atoms with Gasteiger partial charge in [0.2, 0.25) is 0 Å². The van der Waals surface area contributed by atoms with Gasteiger partial charge in [0.25, 0.3) is 0 Å². The van der Waals surface area contributed by atoms with Crippen molar-refractivity contribution in [2.45, 2.75) is 32.9 Å². The van der Waals surface area contributed by atoms with Crippen LogP contribution in [0, 0.1) is 5.92 Å². The van der Waals surface area contributed by atoms with E-state index in [4.69, 9.17) is 14.2 Å². The molecule has 2 heterocycles. The predicted molar refractivity (Wildman–Crippen MR) is 131 cm³/mol. The fourth-order valence-corrected chi connectivity index (χ4v) is 4.19. The number of rotatable bonds is 6. The summed E-state index contributed by atoms with van der Waals surface area (Å²) in [5.74, 6) is 3.17. The predicted octanol–water partition coefficient (Wildman–Crippen LogP) is 2.61. The van der Waals surface area contributed by atoms with Gasteiger partial charge < -0.3 is 24.4 Å². The molecule has 2 aliphatic rings. The van der Waals surface area contributed by atoms with Gasteiger partial charge in [-0.2, -0.15) is 0 Å². The zero-order valence-corrected chi connectivity index (χ0v) is 21.3. The van der Waals surface area contributed by atoms with Gasteiger partial charge in [0.05, 0.1) is 26.9 Å². The summed E-state index contributed by atoms with van der Waals surface area (Å²) in [5.41, 5.74) is 2.57. The highest BCUT2D eigenvalue weighted by Gasteiger charge is 2.24. The highest BCUT2D eigenvalue weighted by Crippen LogP contribution is 2.33. The summed E-state index contributed by atoms with van der Waals surface area (Å²) in [6.45, 7) is 11.0. The maximum Gasteiger partial charge on any atom is 0.194 e. The van der Waals surface area contributed by atoms with Crippen LogP contribution in [0.4, 0.5) is 0 Å². The van der Waals surface area contributed by atoms with Crippen LogP contribution in [0.3, 0.4) is 0 Å². The van der Waals surface area contributed by atoms with E-state index in [1.165, 1.54) is 11.1 Å². The molecule has 0 aliphatic carbocycles. The first-order valence-corrected chi connectivity index (χ1v) is 10.6. The average molecular weight is 532 g/mol. The summed E-state index contributed by atoms with van der Waals surface area (Å²) in [4.78, 5) is 9.31. The number of morpholine rings is 1. The van der Waals surface area contributed by atoms with Crippen LogP contribution in [0.1, 0.15) is 25.0 Å². The van der Waals surface area contributed by atoms with Crippen molar-refractivity contribution < 1.29 is 14.2 Å². The largest absolute Gasteiger partial charge is 0.493 e. The Bertz CT molecular complexity index is 714. The highest BCUT2D eigenvalue weighted by atomic mass is 127. The van der Waals surface area contributed by atoms with Crippen molar-refractivity contribution >= 4 is 29.9 Å². The van der Waals surface area contributed by atoms with Gasteiger partial charge in [-0.25, -0.2) is 0 Å². The molecule has 1 saturated heterocycles. The maximum atomic E-state index is 5.98. The molecule has 7 nitrogen and oxygen atoms in total. The molecule has 0 amide bonds. The number of methoxy groups -OCH3 is 2. The van der Waals surface area contributed by atoms with Gasteiger partial charge in [0.1, 0.15) is 0 Å². The molecule has 1 N–H and O–H groups in total. The number of guanidine groups is 1. The van der Waals surface area contributed by atoms with E-state index in [-0.39, 0.29) is 30.1 Å². The Morgan fingerprint density at radius 1 is 1.20 bits per heavy atom. The Hall–Kier alpha value is -1.26. The molecule has 2 aliphatic heterocycles. The van der Waals surface area contributed by atoms with E-state index in [9.17, 15) is 0 Å². The van der Waals surface area contributed by atoms with Crippen molar-refractivity contribution in [1.82, 2.24) is 15.1 Å². The quantitative estimate of drug-likeness (QED) is 0.346. The molecule has 1 fully saturated rings. The third kappa shape index (κ3) is 6.37. The van der Waals surface area contributed by atoms with Gasteiger partial charge in [-0.1, -0.05) is 13.8 Å². The van der Waals surface area contributed by atoms with Crippen molar-refractivity contribution in [2.24, 2.45) is 10.9 Å². The zero-order valence-electron chi connectivity index (χ0n) is 18.9. The molecule has 1 atom stereocenters. The van der Waals surface area contributed by atoms with E-state index in [0.717, 1.165) is 69.8 Å². The number of halogens is 1. The van der Waals surface area contributed by atoms with Crippen molar-refractivity contribution in [2.75, 3.05) is 60.6 Å². The van der Waals surface area contributed by atoms with Crippen LogP contribution in [0.15, 0.2) is 17.1 Å². The first-order valence-electron chi connectivity index (χ1n) is 10.6. The van der Waals surface area contributed by atoms with Gasteiger partial charge in [-0.05, 0) is 35.6 Å². The SMILES string of the molecule is CN=C(NCC1CN(CC(C)C)CCO1)N1CCc2cc(OC)c(OC)cc2C1.I. The average Bonchev–Trinajstić information content (AvgIpc) is 2.72. The number of ether oxygens (including phenoxy) is 3. The Morgan fingerprint density at radius 3 is 2.53 bits per heavy atom. The third-order valence-corrected chi connectivity index (χ3v) is 5.56. The molecule has 1 unspecified atom stereocenters. The number of aliphatic imine (C=N–C) groups is 1. The zero-order chi connectivity index (χ0) is 20.8. The second-order valence-corrected chi connectivity index (χ2v) is 8.22. The van der Waals surface area contributed by atoms with E-state index in [2.05, 4.69) is 46.1 Å². The minimum atomic E-state index is 0. The third-order valence-electron chi connectivity index (χ3n) is 5.56. The fraction of sp³-hybridized carbons (Fsp3) is 0.682. The second kappa shape index (κ2) is 12.0. The summed E-state index contributed by atoms with van der Waals surface area (Å²) in [6.07, 6.45) is 1.15. The summed E-state index contributed by atoms with van der Waals surface area (Å²) in [5, 5.41) is 3.53. The molecule has 1 aromatic carbocycles. The molecule has 1 aromatic rings. The molecular weight excluding hydrogens is 495 g/mol. The summed E-state index contributed by atoms with van der Waals surface area (Å²) in [6, 6.07) is 4.18. The van der Waals surface area contributed by atoms with Crippen LogP contribution >= 0.6 is 24.0 Å². The second-order valence-electron chi connectivity index (χ2n) is 8.22. The topological polar surface area (TPSA) is 58.6 Å². The Balaban J connectivity index is 0.00000320. The minimum Gasteiger partial charge on any atom is -0.493 e. The van der Waals surface area contributed by atoms with E-state index in [0.29, 0.717) is 5.92 Å². The van der Waals surface area contributed by atoms with Crippen molar-refractivity contribution in [3.8, 4) is 11.5 Å². The van der Waals surface area contributed by atoms with E-state index in [1.54, 1.807) is 14.2 Å². The Kier molecular flexibility index (Phi) is 9.96. The van der Waals surface area contributed by atoms with Crippen LogP contribution in [0.2, 0.25) is 0 Å². The summed E-state index contributed by atoms with van der Waals surface area (Å²) in [7, 11) is 5.21. The molecule has 0 aromatic heterocycles. The monoisotopic (exact) mass is 532 g/mol. The van der Waals surface area contributed by atoms with Gasteiger partial charge in [-0.3, -0.25) is 9.89 Å². The summed E-state index contributed by atoms with van der Waals surface area (Å²) >= 11 is 0.